The molecule has 0 aliphatic heterocycles. The van der Waals surface area contributed by atoms with E-state index in [1.54, 1.807) is 12.4 Å². The maximum Gasteiger partial charge on any atom is 0.341 e. The molecule has 2 aromatic rings. The second-order valence-corrected chi connectivity index (χ2v) is 6.39. The second kappa shape index (κ2) is 6.17. The Balaban J connectivity index is 2.14. The van der Waals surface area contributed by atoms with Gasteiger partial charge in [-0.3, -0.25) is 4.98 Å². The molecule has 112 valence electrons. The molecule has 1 atom stereocenters. The first-order valence-corrected chi connectivity index (χ1v) is 7.74. The van der Waals surface area contributed by atoms with Gasteiger partial charge in [-0.1, -0.05) is 0 Å². The van der Waals surface area contributed by atoms with Gasteiger partial charge < -0.3 is 5.32 Å². The number of hydrogen-bond donors (Lipinski definition) is 1. The first-order chi connectivity index (χ1) is 9.91. The standard InChI is InChI=1S/C14H14F2N2O2S/c1-10(11-6-8-17-9-7-11)18-12-2-4-13(5-3-12)21(19,20)14(15)16/h2-10,14,18H,1H3. The molecule has 0 amide bonds. The average Bonchev–Trinajstić information content (AvgIpc) is 2.48. The Morgan fingerprint density at radius 2 is 1.62 bits per heavy atom. The molecule has 1 N–H and O–H groups in total. The lowest BCUT2D eigenvalue weighted by Gasteiger charge is -2.15. The van der Waals surface area contributed by atoms with Crippen LogP contribution in [0.25, 0.3) is 0 Å². The van der Waals surface area contributed by atoms with Crippen LogP contribution in [0.15, 0.2) is 53.7 Å². The Labute approximate surface area is 121 Å². The van der Waals surface area contributed by atoms with Crippen LogP contribution in [-0.2, 0) is 9.84 Å². The van der Waals surface area contributed by atoms with Gasteiger partial charge in [0.05, 0.1) is 4.90 Å². The molecule has 1 aromatic heterocycles. The van der Waals surface area contributed by atoms with Crippen molar-refractivity contribution >= 4 is 15.5 Å². The van der Waals surface area contributed by atoms with E-state index in [0.29, 0.717) is 5.69 Å². The van der Waals surface area contributed by atoms with Crippen LogP contribution in [0.4, 0.5) is 14.5 Å². The molecule has 0 radical (unpaired) electrons. The average molecular weight is 312 g/mol. The van der Waals surface area contributed by atoms with Crippen molar-refractivity contribution in [2.75, 3.05) is 5.32 Å². The predicted molar refractivity (Wildman–Crippen MR) is 75.9 cm³/mol. The van der Waals surface area contributed by atoms with Crippen LogP contribution >= 0.6 is 0 Å². The van der Waals surface area contributed by atoms with Gasteiger partial charge in [0.25, 0.3) is 0 Å². The fourth-order valence-corrected chi connectivity index (χ4v) is 2.55. The zero-order valence-electron chi connectivity index (χ0n) is 11.2. The van der Waals surface area contributed by atoms with Gasteiger partial charge in [0.1, 0.15) is 0 Å². The molecule has 4 nitrogen and oxygen atoms in total. The molecule has 2 rings (SSSR count). The number of pyridine rings is 1. The summed E-state index contributed by atoms with van der Waals surface area (Å²) < 4.78 is 47.5. The number of alkyl halides is 2. The summed E-state index contributed by atoms with van der Waals surface area (Å²) >= 11 is 0. The van der Waals surface area contributed by atoms with E-state index >= 15 is 0 Å². The van der Waals surface area contributed by atoms with E-state index in [2.05, 4.69) is 10.3 Å². The van der Waals surface area contributed by atoms with E-state index in [-0.39, 0.29) is 10.9 Å². The monoisotopic (exact) mass is 312 g/mol. The minimum absolute atomic E-state index is 0.0226. The van der Waals surface area contributed by atoms with Crippen molar-refractivity contribution in [2.45, 2.75) is 23.6 Å². The molecule has 21 heavy (non-hydrogen) atoms. The van der Waals surface area contributed by atoms with E-state index in [0.717, 1.165) is 5.56 Å². The lowest BCUT2D eigenvalue weighted by molar-refractivity contribution is 0.234. The first kappa shape index (κ1) is 15.4. The first-order valence-electron chi connectivity index (χ1n) is 6.20. The third-order valence-corrected chi connectivity index (χ3v) is 4.41. The van der Waals surface area contributed by atoms with Crippen molar-refractivity contribution in [2.24, 2.45) is 0 Å². The fraction of sp³-hybridized carbons (Fsp3) is 0.214. The third-order valence-electron chi connectivity index (χ3n) is 3.01. The third kappa shape index (κ3) is 3.55. The van der Waals surface area contributed by atoms with Gasteiger partial charge in [0.15, 0.2) is 0 Å². The predicted octanol–water partition coefficient (Wildman–Crippen LogP) is 3.25. The van der Waals surface area contributed by atoms with Gasteiger partial charge >= 0.3 is 5.76 Å². The zero-order chi connectivity index (χ0) is 15.5. The van der Waals surface area contributed by atoms with E-state index in [1.165, 1.54) is 24.3 Å². The number of nitrogens with one attached hydrogen (secondary N) is 1. The van der Waals surface area contributed by atoms with Crippen molar-refractivity contribution in [3.8, 4) is 0 Å². The highest BCUT2D eigenvalue weighted by molar-refractivity contribution is 7.91. The number of hydrogen-bond acceptors (Lipinski definition) is 4. The molecule has 7 heteroatoms. The number of aromatic nitrogens is 1. The smallest absolute Gasteiger partial charge is 0.341 e. The van der Waals surface area contributed by atoms with Crippen molar-refractivity contribution in [3.63, 3.8) is 0 Å². The van der Waals surface area contributed by atoms with Crippen LogP contribution in [0, 0.1) is 0 Å². The lowest BCUT2D eigenvalue weighted by atomic mass is 10.1. The Morgan fingerprint density at radius 3 is 2.14 bits per heavy atom. The Bertz CT molecular complexity index is 689. The summed E-state index contributed by atoms with van der Waals surface area (Å²) in [7, 11) is -4.54. The Kier molecular flexibility index (Phi) is 4.52. The second-order valence-electron chi connectivity index (χ2n) is 4.48. The SMILES string of the molecule is CC(Nc1ccc(S(=O)(=O)C(F)F)cc1)c1ccncc1. The number of rotatable bonds is 5. The molecular formula is C14H14F2N2O2S. The van der Waals surface area contributed by atoms with Crippen molar-refractivity contribution < 1.29 is 17.2 Å². The summed E-state index contributed by atoms with van der Waals surface area (Å²) in [5.41, 5.74) is 1.65. The van der Waals surface area contributed by atoms with Crippen molar-refractivity contribution in [1.29, 1.82) is 0 Å². The summed E-state index contributed by atoms with van der Waals surface area (Å²) in [6.45, 7) is 1.93. The normalized spacial score (nSPS) is 13.1. The van der Waals surface area contributed by atoms with Gasteiger partial charge in [-0.15, -0.1) is 0 Å². The Morgan fingerprint density at radius 1 is 1.05 bits per heavy atom. The minimum Gasteiger partial charge on any atom is -0.379 e. The highest BCUT2D eigenvalue weighted by Crippen LogP contribution is 2.23. The fourth-order valence-electron chi connectivity index (χ4n) is 1.83. The van der Waals surface area contributed by atoms with Gasteiger partial charge in [0.2, 0.25) is 9.84 Å². The van der Waals surface area contributed by atoms with Gasteiger partial charge in [-0.05, 0) is 48.9 Å². The van der Waals surface area contributed by atoms with Crippen LogP contribution in [-0.4, -0.2) is 19.2 Å². The van der Waals surface area contributed by atoms with Crippen LogP contribution in [0.3, 0.4) is 0 Å². The van der Waals surface area contributed by atoms with Gasteiger partial charge in [-0.25, -0.2) is 8.42 Å². The van der Waals surface area contributed by atoms with Crippen LogP contribution in [0.2, 0.25) is 0 Å². The van der Waals surface area contributed by atoms with Crippen LogP contribution in [0.5, 0.6) is 0 Å². The van der Waals surface area contributed by atoms with Gasteiger partial charge in [0, 0.05) is 24.1 Å². The number of halogens is 2. The van der Waals surface area contributed by atoms with Crippen molar-refractivity contribution in [1.82, 2.24) is 4.98 Å². The number of anilines is 1. The van der Waals surface area contributed by atoms with Gasteiger partial charge in [-0.2, -0.15) is 8.78 Å². The summed E-state index contributed by atoms with van der Waals surface area (Å²) in [6.07, 6.45) is 3.34. The summed E-state index contributed by atoms with van der Waals surface area (Å²) in [5.74, 6) is -3.41. The molecular weight excluding hydrogens is 298 g/mol. The molecule has 1 unspecified atom stereocenters. The Hall–Kier alpha value is -2.02. The molecule has 1 aromatic carbocycles. The number of sulfone groups is 1. The molecule has 0 saturated carbocycles. The van der Waals surface area contributed by atoms with Crippen LogP contribution in [0.1, 0.15) is 18.5 Å². The molecule has 0 aliphatic rings. The molecule has 0 aliphatic carbocycles. The highest BCUT2D eigenvalue weighted by atomic mass is 32.2. The lowest BCUT2D eigenvalue weighted by Crippen LogP contribution is -2.11. The van der Waals surface area contributed by atoms with E-state index in [1.807, 2.05) is 19.1 Å². The quantitative estimate of drug-likeness (QED) is 0.920. The maximum atomic E-state index is 12.4. The number of benzene rings is 1. The van der Waals surface area contributed by atoms with Crippen LogP contribution < -0.4 is 5.32 Å². The molecule has 0 saturated heterocycles. The highest BCUT2D eigenvalue weighted by Gasteiger charge is 2.26. The summed E-state index contributed by atoms with van der Waals surface area (Å²) in [6, 6.07) is 8.96. The number of nitrogens with zero attached hydrogens (tertiary/aromatic N) is 1. The zero-order valence-corrected chi connectivity index (χ0v) is 12.0. The van der Waals surface area contributed by atoms with E-state index < -0.39 is 15.6 Å². The van der Waals surface area contributed by atoms with E-state index in [9.17, 15) is 17.2 Å². The maximum absolute atomic E-state index is 12.4. The molecule has 0 spiro atoms. The minimum atomic E-state index is -4.54. The van der Waals surface area contributed by atoms with E-state index in [4.69, 9.17) is 0 Å². The molecule has 0 fully saturated rings. The largest absolute Gasteiger partial charge is 0.379 e. The molecule has 0 bridgehead atoms. The topological polar surface area (TPSA) is 59.1 Å². The molecule has 1 heterocycles. The summed E-state index contributed by atoms with van der Waals surface area (Å²) in [4.78, 5) is 3.54. The summed E-state index contributed by atoms with van der Waals surface area (Å²) in [5, 5.41) is 3.16. The van der Waals surface area contributed by atoms with Crippen molar-refractivity contribution in [3.05, 3.63) is 54.4 Å².